The molecule has 2 nitrogen and oxygen atoms in total. The molecular weight excluding hydrogens is 340 g/mol. The predicted octanol–water partition coefficient (Wildman–Crippen LogP) is 6.77. The Balaban J connectivity index is 1.84. The Morgan fingerprint density at radius 1 is 0.607 bits per heavy atom. The molecule has 0 amide bonds. The van der Waals surface area contributed by atoms with Crippen LogP contribution in [-0.2, 0) is 14.1 Å². The van der Waals surface area contributed by atoms with Crippen molar-refractivity contribution in [1.82, 2.24) is 9.13 Å². The summed E-state index contributed by atoms with van der Waals surface area (Å²) >= 11 is 0. The number of fused-ring (bicyclic) bond motifs is 2. The molecule has 0 bridgehead atoms. The number of benzene rings is 2. The van der Waals surface area contributed by atoms with Crippen LogP contribution in [0.3, 0.4) is 0 Å². The summed E-state index contributed by atoms with van der Waals surface area (Å²) in [5.41, 5.74) is 11.5. The Bertz CT molecular complexity index is 1070. The van der Waals surface area contributed by atoms with Crippen molar-refractivity contribution in [3.05, 3.63) is 71.0 Å². The highest BCUT2D eigenvalue weighted by Gasteiger charge is 2.25. The van der Waals surface area contributed by atoms with Gasteiger partial charge in [0, 0.05) is 47.3 Å². The Morgan fingerprint density at radius 3 is 1.39 bits per heavy atom. The quantitative estimate of drug-likeness (QED) is 0.369. The van der Waals surface area contributed by atoms with Crippen LogP contribution in [0.1, 0.15) is 48.2 Å². The van der Waals surface area contributed by atoms with E-state index in [2.05, 4.69) is 85.6 Å². The second-order valence-corrected chi connectivity index (χ2v) is 8.26. The monoisotopic (exact) mass is 368 g/mol. The summed E-state index contributed by atoms with van der Waals surface area (Å²) in [6.45, 7) is 4.59. The van der Waals surface area contributed by atoms with Crippen LogP contribution in [0.5, 0.6) is 0 Å². The number of rotatable bonds is 2. The maximum Gasteiger partial charge on any atom is 0.0485 e. The van der Waals surface area contributed by atoms with Crippen LogP contribution in [0, 0.1) is 13.8 Å². The van der Waals surface area contributed by atoms with Crippen LogP contribution in [0.25, 0.3) is 33.0 Å². The smallest absolute Gasteiger partial charge is 0.0485 e. The van der Waals surface area contributed by atoms with Gasteiger partial charge < -0.3 is 9.13 Å². The lowest BCUT2D eigenvalue weighted by Crippen LogP contribution is -2.07. The molecule has 4 aromatic rings. The zero-order chi connectivity index (χ0) is 19.4. The normalized spacial score (nSPS) is 15.1. The Kier molecular flexibility index (Phi) is 3.97. The molecule has 1 aliphatic carbocycles. The summed E-state index contributed by atoms with van der Waals surface area (Å²) in [4.78, 5) is 0. The lowest BCUT2D eigenvalue weighted by Gasteiger charge is -2.23. The van der Waals surface area contributed by atoms with Gasteiger partial charge in [-0.15, -0.1) is 0 Å². The molecular formula is C26H28N2. The summed E-state index contributed by atoms with van der Waals surface area (Å²) in [5.74, 6) is 0. The fourth-order valence-corrected chi connectivity index (χ4v) is 5.45. The molecule has 0 radical (unpaired) electrons. The van der Waals surface area contributed by atoms with E-state index in [4.69, 9.17) is 0 Å². The van der Waals surface area contributed by atoms with Crippen LogP contribution in [0.2, 0.25) is 0 Å². The van der Waals surface area contributed by atoms with Crippen molar-refractivity contribution in [2.75, 3.05) is 0 Å². The number of hydrogen-bond donors (Lipinski definition) is 0. The highest BCUT2D eigenvalue weighted by molar-refractivity contribution is 6.00. The van der Waals surface area contributed by atoms with Crippen LogP contribution < -0.4 is 0 Å². The lowest BCUT2D eigenvalue weighted by molar-refractivity contribution is 0.738. The van der Waals surface area contributed by atoms with E-state index < -0.39 is 0 Å². The van der Waals surface area contributed by atoms with E-state index in [1.807, 2.05) is 0 Å². The minimum absolute atomic E-state index is 1.17. The second-order valence-electron chi connectivity index (χ2n) is 8.26. The van der Waals surface area contributed by atoms with Gasteiger partial charge in [-0.1, -0.05) is 36.4 Å². The van der Waals surface area contributed by atoms with E-state index >= 15 is 0 Å². The first-order valence-electron chi connectivity index (χ1n) is 10.4. The van der Waals surface area contributed by atoms with Gasteiger partial charge >= 0.3 is 0 Å². The number of hydrogen-bond acceptors (Lipinski definition) is 0. The Morgan fingerprint density at radius 2 is 1.00 bits per heavy atom. The third-order valence-corrected chi connectivity index (χ3v) is 6.76. The molecule has 0 spiro atoms. The molecule has 2 aromatic heterocycles. The average Bonchev–Trinajstić information content (AvgIpc) is 3.13. The number of nitrogens with zero attached hydrogens (tertiary/aromatic N) is 2. The maximum absolute atomic E-state index is 2.42. The fourth-order valence-electron chi connectivity index (χ4n) is 5.45. The van der Waals surface area contributed by atoms with Gasteiger partial charge in [-0.3, -0.25) is 0 Å². The topological polar surface area (TPSA) is 9.86 Å². The molecule has 0 N–H and O–H groups in total. The number of aromatic nitrogens is 2. The summed E-state index contributed by atoms with van der Waals surface area (Å²) < 4.78 is 4.84. The molecule has 2 heteroatoms. The van der Waals surface area contributed by atoms with Crippen molar-refractivity contribution >= 4 is 33.0 Å². The van der Waals surface area contributed by atoms with Crippen molar-refractivity contribution in [2.45, 2.75) is 39.5 Å². The SMILES string of the molecule is Cc1c(C2=C(c3c(C)c4ccccc4n3C)CCCC2)n(C)c2ccccc12. The molecule has 0 saturated carbocycles. The van der Waals surface area contributed by atoms with Gasteiger partial charge in [0.25, 0.3) is 0 Å². The molecule has 2 heterocycles. The first kappa shape index (κ1) is 17.4. The summed E-state index contributed by atoms with van der Waals surface area (Å²) in [6, 6.07) is 17.6. The maximum atomic E-state index is 2.42. The van der Waals surface area contributed by atoms with E-state index in [0.717, 1.165) is 0 Å². The van der Waals surface area contributed by atoms with Gasteiger partial charge in [0.15, 0.2) is 0 Å². The van der Waals surface area contributed by atoms with E-state index in [-0.39, 0.29) is 0 Å². The molecule has 0 unspecified atom stereocenters. The standard InChI is InChI=1S/C26H28N2/c1-17-19-11-7-9-15-23(19)27(3)25(17)21-13-5-6-14-22(21)26-18(2)20-12-8-10-16-24(20)28(26)4/h7-12,15-16H,5-6,13-14H2,1-4H3. The largest absolute Gasteiger partial charge is 0.344 e. The van der Waals surface area contributed by atoms with Gasteiger partial charge in [0.2, 0.25) is 0 Å². The van der Waals surface area contributed by atoms with Crippen molar-refractivity contribution < 1.29 is 0 Å². The molecule has 1 aliphatic rings. The third kappa shape index (κ3) is 2.33. The van der Waals surface area contributed by atoms with Gasteiger partial charge in [-0.2, -0.15) is 0 Å². The third-order valence-electron chi connectivity index (χ3n) is 6.76. The number of para-hydroxylation sites is 2. The summed E-state index contributed by atoms with van der Waals surface area (Å²) in [5, 5.41) is 2.76. The molecule has 0 saturated heterocycles. The Labute approximate surface area is 167 Å². The number of aryl methyl sites for hydroxylation is 4. The molecule has 0 fully saturated rings. The van der Waals surface area contributed by atoms with Gasteiger partial charge in [-0.05, 0) is 73.9 Å². The van der Waals surface area contributed by atoms with Gasteiger partial charge in [0.1, 0.15) is 0 Å². The molecule has 5 rings (SSSR count). The lowest BCUT2D eigenvalue weighted by atomic mass is 9.85. The molecule has 0 aliphatic heterocycles. The first-order chi connectivity index (χ1) is 13.6. The minimum Gasteiger partial charge on any atom is -0.344 e. The first-order valence-corrected chi connectivity index (χ1v) is 10.4. The zero-order valence-corrected chi connectivity index (χ0v) is 17.3. The van der Waals surface area contributed by atoms with Crippen LogP contribution in [0.15, 0.2) is 48.5 Å². The van der Waals surface area contributed by atoms with E-state index in [0.29, 0.717) is 0 Å². The molecule has 142 valence electrons. The van der Waals surface area contributed by atoms with Crippen LogP contribution in [-0.4, -0.2) is 9.13 Å². The van der Waals surface area contributed by atoms with E-state index in [9.17, 15) is 0 Å². The van der Waals surface area contributed by atoms with Crippen molar-refractivity contribution in [2.24, 2.45) is 14.1 Å². The van der Waals surface area contributed by atoms with E-state index in [1.165, 1.54) is 70.0 Å². The highest BCUT2D eigenvalue weighted by Crippen LogP contribution is 2.43. The minimum atomic E-state index is 1.17. The number of allylic oxidation sites excluding steroid dienone is 2. The highest BCUT2D eigenvalue weighted by atomic mass is 15.0. The van der Waals surface area contributed by atoms with Crippen molar-refractivity contribution in [1.29, 1.82) is 0 Å². The second kappa shape index (κ2) is 6.41. The van der Waals surface area contributed by atoms with E-state index in [1.54, 1.807) is 11.1 Å². The predicted molar refractivity (Wildman–Crippen MR) is 121 cm³/mol. The van der Waals surface area contributed by atoms with Crippen molar-refractivity contribution in [3.8, 4) is 0 Å². The van der Waals surface area contributed by atoms with Crippen molar-refractivity contribution in [3.63, 3.8) is 0 Å². The Hall–Kier alpha value is -2.74. The zero-order valence-electron chi connectivity index (χ0n) is 17.3. The average molecular weight is 369 g/mol. The van der Waals surface area contributed by atoms with Crippen LogP contribution >= 0.6 is 0 Å². The molecule has 2 aromatic carbocycles. The summed E-state index contributed by atoms with van der Waals surface area (Å²) in [6.07, 6.45) is 4.90. The van der Waals surface area contributed by atoms with Gasteiger partial charge in [-0.25, -0.2) is 0 Å². The molecule has 28 heavy (non-hydrogen) atoms. The fraction of sp³-hybridized carbons (Fsp3) is 0.308. The summed E-state index contributed by atoms with van der Waals surface area (Å²) in [7, 11) is 4.47. The van der Waals surface area contributed by atoms with Crippen LogP contribution in [0.4, 0.5) is 0 Å². The van der Waals surface area contributed by atoms with Gasteiger partial charge in [0.05, 0.1) is 0 Å². The molecule has 0 atom stereocenters.